The minimum atomic E-state index is 0.516. The van der Waals surface area contributed by atoms with Crippen LogP contribution in [0, 0.1) is 0 Å². The van der Waals surface area contributed by atoms with Crippen LogP contribution in [-0.2, 0) is 13.1 Å². The van der Waals surface area contributed by atoms with Gasteiger partial charge in [-0.25, -0.2) is 9.97 Å². The van der Waals surface area contributed by atoms with Crippen LogP contribution >= 0.6 is 11.9 Å². The number of aromatic nitrogens is 4. The van der Waals surface area contributed by atoms with Gasteiger partial charge in [0.25, 0.3) is 0 Å². The molecule has 0 fully saturated rings. The summed E-state index contributed by atoms with van der Waals surface area (Å²) in [5.41, 5.74) is 5.11. The highest BCUT2D eigenvalue weighted by Gasteiger charge is 2.13. The molecule has 0 radical (unpaired) electrons. The van der Waals surface area contributed by atoms with E-state index in [2.05, 4.69) is 57.4 Å². The second kappa shape index (κ2) is 10.7. The van der Waals surface area contributed by atoms with Crippen molar-refractivity contribution in [2.75, 3.05) is 22.6 Å². The summed E-state index contributed by atoms with van der Waals surface area (Å²) in [6, 6.07) is 26.3. The van der Waals surface area contributed by atoms with Crippen molar-refractivity contribution in [3.05, 3.63) is 90.6 Å². The van der Waals surface area contributed by atoms with Gasteiger partial charge in [-0.2, -0.15) is 4.98 Å². The maximum atomic E-state index is 5.68. The minimum Gasteiger partial charge on any atom is -0.352 e. The van der Waals surface area contributed by atoms with Gasteiger partial charge >= 0.3 is 0 Å². The van der Waals surface area contributed by atoms with Crippen LogP contribution in [0.4, 0.5) is 29.1 Å². The predicted molar refractivity (Wildman–Crippen MR) is 149 cm³/mol. The summed E-state index contributed by atoms with van der Waals surface area (Å²) in [6.07, 6.45) is 1.75. The minimum absolute atomic E-state index is 0.516. The number of imidazole rings is 1. The van der Waals surface area contributed by atoms with Crippen LogP contribution in [-0.4, -0.2) is 26.6 Å². The summed E-state index contributed by atoms with van der Waals surface area (Å²) < 4.78 is 2.20. The van der Waals surface area contributed by atoms with Gasteiger partial charge in [0.15, 0.2) is 0 Å². The number of anilines is 5. The fraction of sp³-hybridized carbons (Fsp3) is 0.148. The Bertz CT molecular complexity index is 1470. The lowest BCUT2D eigenvalue weighted by Crippen LogP contribution is -2.12. The number of hydrogen-bond donors (Lipinski definition) is 3. The molecule has 36 heavy (non-hydrogen) atoms. The second-order valence-corrected chi connectivity index (χ2v) is 8.97. The number of fused-ring (bicyclic) bond motifs is 1. The highest BCUT2D eigenvalue weighted by atomic mass is 32.2. The standard InChI is InChI=1S/C27H28N8S/c1-3-35-24-13-12-21(17-23(24)32-27(35)30-18-19-8-5-4-6-9-19)34(2)25-14-15-29-26(33-25)31-20-10-7-11-22(16-20)36-28/h4-17H,3,18,28H2,1-2H3,(H,30,32)(H,29,31,33). The Morgan fingerprint density at radius 3 is 2.64 bits per heavy atom. The van der Waals surface area contributed by atoms with Crippen molar-refractivity contribution in [2.45, 2.75) is 24.9 Å². The highest BCUT2D eigenvalue weighted by molar-refractivity contribution is 7.97. The molecule has 0 saturated heterocycles. The Labute approximate surface area is 214 Å². The molecule has 0 saturated carbocycles. The van der Waals surface area contributed by atoms with Gasteiger partial charge in [-0.3, -0.25) is 5.14 Å². The first kappa shape index (κ1) is 23.7. The third-order valence-corrected chi connectivity index (χ3v) is 6.47. The number of hydrogen-bond acceptors (Lipinski definition) is 8. The lowest BCUT2D eigenvalue weighted by molar-refractivity contribution is 0.787. The molecule has 0 amide bonds. The molecule has 2 heterocycles. The predicted octanol–water partition coefficient (Wildman–Crippen LogP) is 5.94. The molecule has 0 aliphatic rings. The lowest BCUT2D eigenvalue weighted by atomic mass is 10.2. The Kier molecular flexibility index (Phi) is 7.01. The van der Waals surface area contributed by atoms with E-state index in [-0.39, 0.29) is 0 Å². The topological polar surface area (TPSA) is 96.9 Å². The van der Waals surface area contributed by atoms with Crippen LogP contribution in [0.5, 0.6) is 0 Å². The zero-order valence-corrected chi connectivity index (χ0v) is 21.0. The summed E-state index contributed by atoms with van der Waals surface area (Å²) in [7, 11) is 1.99. The monoisotopic (exact) mass is 496 g/mol. The Morgan fingerprint density at radius 1 is 0.972 bits per heavy atom. The number of rotatable bonds is 9. The van der Waals surface area contributed by atoms with E-state index in [0.29, 0.717) is 5.95 Å². The van der Waals surface area contributed by atoms with Crippen molar-refractivity contribution < 1.29 is 0 Å². The van der Waals surface area contributed by atoms with Gasteiger partial charge < -0.3 is 20.1 Å². The summed E-state index contributed by atoms with van der Waals surface area (Å²) in [5.74, 6) is 2.15. The molecule has 9 heteroatoms. The van der Waals surface area contributed by atoms with Gasteiger partial charge in [-0.05, 0) is 66.9 Å². The van der Waals surface area contributed by atoms with E-state index in [1.54, 1.807) is 6.20 Å². The van der Waals surface area contributed by atoms with Crippen molar-refractivity contribution in [3.63, 3.8) is 0 Å². The molecule has 0 aliphatic carbocycles. The summed E-state index contributed by atoms with van der Waals surface area (Å²) in [6.45, 7) is 3.68. The molecule has 0 bridgehead atoms. The lowest BCUT2D eigenvalue weighted by Gasteiger charge is -2.19. The molecule has 182 valence electrons. The fourth-order valence-corrected chi connectivity index (χ4v) is 4.42. The molecule has 5 rings (SSSR count). The normalized spacial score (nSPS) is 11.0. The maximum absolute atomic E-state index is 5.68. The van der Waals surface area contributed by atoms with Crippen molar-refractivity contribution in [3.8, 4) is 0 Å². The first-order valence-corrected chi connectivity index (χ1v) is 12.6. The van der Waals surface area contributed by atoms with Crippen molar-refractivity contribution in [1.29, 1.82) is 0 Å². The van der Waals surface area contributed by atoms with Crippen molar-refractivity contribution in [2.24, 2.45) is 5.14 Å². The van der Waals surface area contributed by atoms with Crippen LogP contribution in [0.15, 0.2) is 90.0 Å². The van der Waals surface area contributed by atoms with Gasteiger partial charge in [0.05, 0.1) is 11.0 Å². The quantitative estimate of drug-likeness (QED) is 0.216. The first-order valence-electron chi connectivity index (χ1n) is 11.7. The molecular weight excluding hydrogens is 468 g/mol. The Balaban J connectivity index is 1.37. The van der Waals surface area contributed by atoms with Gasteiger partial charge in [0.2, 0.25) is 11.9 Å². The average molecular weight is 497 g/mol. The molecule has 8 nitrogen and oxygen atoms in total. The largest absolute Gasteiger partial charge is 0.352 e. The third kappa shape index (κ3) is 5.12. The molecule has 5 aromatic rings. The molecule has 4 N–H and O–H groups in total. The van der Waals surface area contributed by atoms with Gasteiger partial charge in [-0.15, -0.1) is 0 Å². The smallest absolute Gasteiger partial charge is 0.229 e. The fourth-order valence-electron chi connectivity index (χ4n) is 4.06. The van der Waals surface area contributed by atoms with E-state index >= 15 is 0 Å². The molecule has 0 aliphatic heterocycles. The number of nitrogens with one attached hydrogen (secondary N) is 2. The van der Waals surface area contributed by atoms with Gasteiger partial charge in [0.1, 0.15) is 5.82 Å². The van der Waals surface area contributed by atoms with E-state index in [1.807, 2.05) is 60.5 Å². The molecule has 0 spiro atoms. The van der Waals surface area contributed by atoms with Crippen molar-refractivity contribution in [1.82, 2.24) is 19.5 Å². The van der Waals surface area contributed by atoms with Crippen LogP contribution in [0.2, 0.25) is 0 Å². The average Bonchev–Trinajstić information content (AvgIpc) is 3.29. The van der Waals surface area contributed by atoms with Crippen LogP contribution < -0.4 is 20.7 Å². The summed E-state index contributed by atoms with van der Waals surface area (Å²) in [4.78, 5) is 17.0. The van der Waals surface area contributed by atoms with E-state index in [9.17, 15) is 0 Å². The number of nitrogens with zero attached hydrogens (tertiary/aromatic N) is 5. The number of benzene rings is 3. The molecule has 0 unspecified atom stereocenters. The Hall–Kier alpha value is -4.08. The SMILES string of the molecule is CCn1c(NCc2ccccc2)nc2cc(N(C)c3ccnc(Nc4cccc(SN)c4)n3)ccc21. The highest BCUT2D eigenvalue weighted by Crippen LogP contribution is 2.29. The zero-order valence-electron chi connectivity index (χ0n) is 20.2. The van der Waals surface area contributed by atoms with E-state index in [0.717, 1.165) is 52.2 Å². The van der Waals surface area contributed by atoms with Crippen LogP contribution in [0.1, 0.15) is 12.5 Å². The summed E-state index contributed by atoms with van der Waals surface area (Å²) in [5, 5.41) is 12.4. The number of nitrogens with two attached hydrogens (primary N) is 1. The van der Waals surface area contributed by atoms with Gasteiger partial charge in [-0.1, -0.05) is 36.4 Å². The van der Waals surface area contributed by atoms with E-state index < -0.39 is 0 Å². The summed E-state index contributed by atoms with van der Waals surface area (Å²) >= 11 is 1.20. The van der Waals surface area contributed by atoms with E-state index in [1.165, 1.54) is 17.5 Å². The Morgan fingerprint density at radius 2 is 1.83 bits per heavy atom. The molecule has 2 aromatic heterocycles. The second-order valence-electron chi connectivity index (χ2n) is 8.26. The maximum Gasteiger partial charge on any atom is 0.229 e. The van der Waals surface area contributed by atoms with Gasteiger partial charge in [0, 0.05) is 42.6 Å². The molecule has 3 aromatic carbocycles. The molecule has 0 atom stereocenters. The van der Waals surface area contributed by atoms with Crippen molar-refractivity contribution >= 4 is 52.1 Å². The third-order valence-electron chi connectivity index (χ3n) is 5.94. The first-order chi connectivity index (χ1) is 17.6. The molecular formula is C27H28N8S. The zero-order chi connectivity index (χ0) is 24.9. The van der Waals surface area contributed by atoms with E-state index in [4.69, 9.17) is 15.1 Å². The van der Waals surface area contributed by atoms with Crippen LogP contribution in [0.25, 0.3) is 11.0 Å². The number of aryl methyl sites for hydroxylation is 1. The van der Waals surface area contributed by atoms with Crippen LogP contribution in [0.3, 0.4) is 0 Å².